The molecule has 35 heavy (non-hydrogen) atoms. The second-order valence-electron chi connectivity index (χ2n) is 7.57. The van der Waals surface area contributed by atoms with Gasteiger partial charge in [0, 0.05) is 16.2 Å². The zero-order valence-corrected chi connectivity index (χ0v) is 19.5. The summed E-state index contributed by atoms with van der Waals surface area (Å²) in [5, 5.41) is 0. The van der Waals surface area contributed by atoms with E-state index in [0.717, 1.165) is 6.07 Å². The molecule has 1 fully saturated rings. The van der Waals surface area contributed by atoms with Crippen LogP contribution in [-0.2, 0) is 30.9 Å². The third kappa shape index (κ3) is 4.69. The zero-order valence-electron chi connectivity index (χ0n) is 18.7. The second-order valence-corrected chi connectivity index (χ2v) is 9.02. The highest BCUT2D eigenvalue weighted by Crippen LogP contribution is 2.48. The van der Waals surface area contributed by atoms with Crippen LogP contribution >= 0.6 is 0 Å². The Kier molecular flexibility index (Phi) is 6.98. The standard InChI is InChI=1S/C25H22F3NO5S/c1-3-5-9-17(4-2)29-20-13-12-18(16-19(20)24(23(29)30)32-14-8-15-33-24)35(31)22-11-7-6-10-21(22)34-25(26,27)28/h3-7,9-13,16H,2,8,14-15H2,1H3/b5-3-,17-9+. The maximum Gasteiger partial charge on any atom is 0.573 e. The van der Waals surface area contributed by atoms with Gasteiger partial charge < -0.3 is 14.2 Å². The number of alkyl halides is 3. The molecule has 1 spiro atoms. The van der Waals surface area contributed by atoms with Gasteiger partial charge in [-0.1, -0.05) is 30.9 Å². The van der Waals surface area contributed by atoms with E-state index in [0.29, 0.717) is 23.4 Å². The van der Waals surface area contributed by atoms with E-state index in [1.54, 1.807) is 24.3 Å². The summed E-state index contributed by atoms with van der Waals surface area (Å²) in [5.41, 5.74) is 1.23. The molecule has 0 aliphatic carbocycles. The third-order valence-electron chi connectivity index (χ3n) is 5.36. The van der Waals surface area contributed by atoms with E-state index in [1.807, 2.05) is 6.92 Å². The van der Waals surface area contributed by atoms with Crippen LogP contribution in [-0.4, -0.2) is 29.7 Å². The average Bonchev–Trinajstić information content (AvgIpc) is 3.06. The van der Waals surface area contributed by atoms with Crippen molar-refractivity contribution < 1.29 is 36.4 Å². The monoisotopic (exact) mass is 505 g/mol. The highest BCUT2D eigenvalue weighted by molar-refractivity contribution is 7.85. The lowest BCUT2D eigenvalue weighted by Crippen LogP contribution is -2.46. The minimum absolute atomic E-state index is 0.159. The summed E-state index contributed by atoms with van der Waals surface area (Å²) >= 11 is 0. The largest absolute Gasteiger partial charge is 0.573 e. The molecule has 2 aromatic carbocycles. The molecule has 1 unspecified atom stereocenters. The van der Waals surface area contributed by atoms with E-state index in [2.05, 4.69) is 11.3 Å². The van der Waals surface area contributed by atoms with Crippen molar-refractivity contribution >= 4 is 22.4 Å². The number of benzene rings is 2. The lowest BCUT2D eigenvalue weighted by atomic mass is 10.1. The van der Waals surface area contributed by atoms with Crippen LogP contribution in [0.15, 0.2) is 88.8 Å². The van der Waals surface area contributed by atoms with Crippen molar-refractivity contribution in [1.29, 1.82) is 0 Å². The van der Waals surface area contributed by atoms with Gasteiger partial charge in [-0.2, -0.15) is 0 Å². The van der Waals surface area contributed by atoms with Crippen LogP contribution in [0.1, 0.15) is 18.9 Å². The molecule has 2 aliphatic rings. The molecule has 2 aromatic rings. The number of nitrogens with zero attached hydrogens (tertiary/aromatic N) is 1. The van der Waals surface area contributed by atoms with Crippen LogP contribution in [0.3, 0.4) is 0 Å². The maximum absolute atomic E-state index is 13.6. The number of amides is 1. The zero-order chi connectivity index (χ0) is 25.2. The lowest BCUT2D eigenvalue weighted by Gasteiger charge is -2.32. The van der Waals surface area contributed by atoms with Gasteiger partial charge in [0.1, 0.15) is 5.75 Å². The molecule has 1 atom stereocenters. The Balaban J connectivity index is 1.83. The van der Waals surface area contributed by atoms with Crippen LogP contribution in [0.5, 0.6) is 5.75 Å². The number of fused-ring (bicyclic) bond motifs is 2. The highest BCUT2D eigenvalue weighted by atomic mass is 32.2. The van der Waals surface area contributed by atoms with Gasteiger partial charge in [-0.3, -0.25) is 9.69 Å². The molecule has 0 N–H and O–H groups in total. The van der Waals surface area contributed by atoms with Crippen molar-refractivity contribution in [3.05, 3.63) is 84.6 Å². The summed E-state index contributed by atoms with van der Waals surface area (Å²) in [6, 6.07) is 9.72. The second kappa shape index (κ2) is 9.80. The molecule has 0 radical (unpaired) electrons. The Morgan fingerprint density at radius 2 is 1.91 bits per heavy atom. The van der Waals surface area contributed by atoms with E-state index >= 15 is 0 Å². The van der Waals surface area contributed by atoms with Gasteiger partial charge in [0.25, 0.3) is 11.7 Å². The van der Waals surface area contributed by atoms with E-state index in [-0.39, 0.29) is 23.0 Å². The molecule has 0 aromatic heterocycles. The Morgan fingerprint density at radius 1 is 1.20 bits per heavy atom. The van der Waals surface area contributed by atoms with Crippen molar-refractivity contribution in [3.63, 3.8) is 0 Å². The fourth-order valence-electron chi connectivity index (χ4n) is 3.90. The van der Waals surface area contributed by atoms with E-state index in [4.69, 9.17) is 9.47 Å². The van der Waals surface area contributed by atoms with Crippen molar-refractivity contribution in [1.82, 2.24) is 0 Å². The van der Waals surface area contributed by atoms with Crippen LogP contribution in [0.4, 0.5) is 18.9 Å². The van der Waals surface area contributed by atoms with Crippen LogP contribution < -0.4 is 9.64 Å². The quantitative estimate of drug-likeness (QED) is 0.497. The summed E-state index contributed by atoms with van der Waals surface area (Å²) < 4.78 is 67.8. The number of rotatable bonds is 6. The molecule has 10 heteroatoms. The van der Waals surface area contributed by atoms with E-state index in [9.17, 15) is 22.2 Å². The minimum atomic E-state index is -4.95. The van der Waals surface area contributed by atoms with Crippen LogP contribution in [0, 0.1) is 0 Å². The number of carbonyl (C=O) groups is 1. The lowest BCUT2D eigenvalue weighted by molar-refractivity contribution is -0.275. The van der Waals surface area contributed by atoms with Crippen molar-refractivity contribution in [2.24, 2.45) is 0 Å². The Bertz CT molecular complexity index is 1230. The normalized spacial score (nSPS) is 18.7. The summed E-state index contributed by atoms with van der Waals surface area (Å²) in [4.78, 5) is 15.0. The van der Waals surface area contributed by atoms with Crippen molar-refractivity contribution in [2.45, 2.75) is 35.3 Å². The summed E-state index contributed by atoms with van der Waals surface area (Å²) in [5.74, 6) is -2.82. The van der Waals surface area contributed by atoms with E-state index in [1.165, 1.54) is 41.3 Å². The van der Waals surface area contributed by atoms with Crippen molar-refractivity contribution in [2.75, 3.05) is 18.1 Å². The first-order valence-corrected chi connectivity index (χ1v) is 11.9. The van der Waals surface area contributed by atoms with Gasteiger partial charge in [-0.05, 0) is 55.8 Å². The molecule has 4 rings (SSSR count). The number of allylic oxidation sites excluding steroid dienone is 4. The fourth-order valence-corrected chi connectivity index (χ4v) is 5.06. The number of anilines is 1. The predicted octanol–water partition coefficient (Wildman–Crippen LogP) is 5.33. The third-order valence-corrected chi connectivity index (χ3v) is 6.78. The highest BCUT2D eigenvalue weighted by Gasteiger charge is 2.55. The number of halogens is 3. The van der Waals surface area contributed by atoms with E-state index < -0.39 is 34.6 Å². The fraction of sp³-hybridized carbons (Fsp3) is 0.240. The smallest absolute Gasteiger partial charge is 0.404 e. The topological polar surface area (TPSA) is 65.1 Å². The molecular weight excluding hydrogens is 483 g/mol. The molecule has 0 bridgehead atoms. The first kappa shape index (κ1) is 24.9. The first-order chi connectivity index (χ1) is 16.7. The molecule has 1 saturated heterocycles. The molecule has 1 amide bonds. The molecule has 2 aliphatic heterocycles. The number of carbonyl (C=O) groups excluding carboxylic acids is 1. The Hall–Kier alpha value is -3.21. The molecular formula is C25H22F3NO5S. The summed E-state index contributed by atoms with van der Waals surface area (Å²) in [6.45, 7) is 6.14. The first-order valence-electron chi connectivity index (χ1n) is 10.7. The molecule has 2 heterocycles. The maximum atomic E-state index is 13.6. The van der Waals surface area contributed by atoms with Gasteiger partial charge in [0.05, 0.1) is 34.6 Å². The van der Waals surface area contributed by atoms with Gasteiger partial charge in [0.2, 0.25) is 0 Å². The minimum Gasteiger partial charge on any atom is -0.404 e. The Morgan fingerprint density at radius 3 is 2.57 bits per heavy atom. The summed E-state index contributed by atoms with van der Waals surface area (Å²) in [6.07, 6.45) is 2.40. The predicted molar refractivity (Wildman–Crippen MR) is 123 cm³/mol. The SMILES string of the molecule is C=C/C(=C\C=C/C)N1C(=O)C2(OCCCO2)c2cc(S(=O)c3ccccc3OC(F)(F)F)ccc21. The molecule has 6 nitrogen and oxygen atoms in total. The number of hydrogen-bond donors (Lipinski definition) is 0. The molecule has 0 saturated carbocycles. The van der Waals surface area contributed by atoms with Gasteiger partial charge in [-0.15, -0.1) is 13.2 Å². The number of para-hydroxylation sites is 1. The Labute approximate surface area is 202 Å². The average molecular weight is 506 g/mol. The number of ether oxygens (including phenoxy) is 3. The van der Waals surface area contributed by atoms with Gasteiger partial charge in [-0.25, -0.2) is 4.21 Å². The molecule has 184 valence electrons. The van der Waals surface area contributed by atoms with Crippen molar-refractivity contribution in [3.8, 4) is 5.75 Å². The number of hydrogen-bond acceptors (Lipinski definition) is 5. The van der Waals surface area contributed by atoms with Gasteiger partial charge in [0.15, 0.2) is 0 Å². The van der Waals surface area contributed by atoms with Crippen LogP contribution in [0.2, 0.25) is 0 Å². The van der Waals surface area contributed by atoms with Crippen LogP contribution in [0.25, 0.3) is 0 Å². The summed E-state index contributed by atoms with van der Waals surface area (Å²) in [7, 11) is -2.06. The van der Waals surface area contributed by atoms with Gasteiger partial charge >= 0.3 is 6.36 Å².